The minimum absolute atomic E-state index is 0.106. The number of allylic oxidation sites excluding steroid dienone is 3. The molecule has 81 heavy (non-hydrogen) atoms. The van der Waals surface area contributed by atoms with Gasteiger partial charge < -0.3 is 119 Å². The molecule has 0 amide bonds. The molecule has 9 fully saturated rings. The Morgan fingerprint density at radius 3 is 1.80 bits per heavy atom. The number of aliphatic hydroxyl groups is 14. The second kappa shape index (κ2) is 23.3. The summed E-state index contributed by atoms with van der Waals surface area (Å²) in [6, 6.07) is 0. The average molecular weight is 1160 g/mol. The first kappa shape index (κ1) is 62.1. The van der Waals surface area contributed by atoms with Gasteiger partial charge in [-0.15, -0.1) is 0 Å². The number of aliphatic hydroxyl groups excluding tert-OH is 14. The maximum absolute atomic E-state index is 15.0. The van der Waals surface area contributed by atoms with Gasteiger partial charge in [0, 0.05) is 5.92 Å². The van der Waals surface area contributed by atoms with Gasteiger partial charge in [0.1, 0.15) is 104 Å². The lowest BCUT2D eigenvalue weighted by Gasteiger charge is -2.71. The number of carbonyl (C=O) groups excluding carboxylic acids is 1. The molecule has 10 rings (SSSR count). The van der Waals surface area contributed by atoms with Crippen molar-refractivity contribution in [3.8, 4) is 0 Å². The molecule has 462 valence electrons. The number of carbonyl (C=O) groups is 1. The minimum Gasteiger partial charge on any atom is -0.432 e. The number of hydrogen-bond donors (Lipinski definition) is 14. The lowest BCUT2D eigenvalue weighted by molar-refractivity contribution is -0.378. The van der Waals surface area contributed by atoms with Crippen LogP contribution in [-0.2, 0) is 52.2 Å². The van der Waals surface area contributed by atoms with Crippen LogP contribution in [0.15, 0.2) is 23.8 Å². The van der Waals surface area contributed by atoms with Crippen LogP contribution < -0.4 is 0 Å². The Balaban J connectivity index is 0.859. The first-order chi connectivity index (χ1) is 38.1. The summed E-state index contributed by atoms with van der Waals surface area (Å²) in [4.78, 5) is 15.0. The van der Waals surface area contributed by atoms with E-state index in [-0.39, 0.29) is 53.8 Å². The normalized spacial score (nSPS) is 53.7. The third-order valence-corrected chi connectivity index (χ3v) is 21.8. The molecule has 0 bridgehead atoms. The molecular formula is C56H88O25. The maximum atomic E-state index is 15.0. The average Bonchev–Trinajstić information content (AvgIpc) is 3.59. The molecule has 10 aliphatic rings. The van der Waals surface area contributed by atoms with Gasteiger partial charge in [-0.2, -0.15) is 0 Å². The summed E-state index contributed by atoms with van der Waals surface area (Å²) in [5.41, 5.74) is -0.268. The van der Waals surface area contributed by atoms with E-state index >= 15 is 4.79 Å². The quantitative estimate of drug-likeness (QED) is 0.0535. The van der Waals surface area contributed by atoms with E-state index in [1.165, 1.54) is 5.57 Å². The van der Waals surface area contributed by atoms with Crippen LogP contribution in [0.2, 0.25) is 0 Å². The van der Waals surface area contributed by atoms with E-state index in [0.717, 1.165) is 31.3 Å². The van der Waals surface area contributed by atoms with Crippen molar-refractivity contribution in [1.82, 2.24) is 0 Å². The molecule has 25 nitrogen and oxygen atoms in total. The van der Waals surface area contributed by atoms with Crippen LogP contribution >= 0.6 is 0 Å². The number of ether oxygens (including phenoxy) is 10. The Kier molecular flexibility index (Phi) is 17.8. The molecule has 4 saturated carbocycles. The molecule has 0 aromatic rings. The van der Waals surface area contributed by atoms with Gasteiger partial charge in [0.15, 0.2) is 25.2 Å². The zero-order valence-corrected chi connectivity index (χ0v) is 46.7. The summed E-state index contributed by atoms with van der Waals surface area (Å²) < 4.78 is 59.9. The van der Waals surface area contributed by atoms with E-state index in [9.17, 15) is 71.5 Å². The van der Waals surface area contributed by atoms with Crippen LogP contribution in [0.4, 0.5) is 0 Å². The standard InChI is InChI=1S/C56H88O25/c1-23-9-14-56(51(71)81-49-43(70)39(66)37(64)30(77-49)22-75-46-42(69)38(65)36(63)29(18-57)76-46)16-15-54(5)24(25(56)17-23)7-8-32-53(4)12-11-33(52(2,3)31(53)10-13-55(32,54)6)78-50-45(80-48-41(68)35(62)27(59)20-73-48)44(28(60)21-74-50)79-47-40(67)34(61)26(58)19-72-47/h7,25-50,57-70H,1,8-22H2,2-6H3. The molecule has 30 unspecified atom stereocenters. The lowest BCUT2D eigenvalue weighted by Crippen LogP contribution is -2.66. The molecule has 5 aliphatic heterocycles. The second-order valence-corrected chi connectivity index (χ2v) is 26.4. The molecule has 0 aromatic heterocycles. The zero-order chi connectivity index (χ0) is 58.6. The summed E-state index contributed by atoms with van der Waals surface area (Å²) in [6.07, 6.45) is -26.6. The fourth-order valence-electron chi connectivity index (χ4n) is 16.6. The third-order valence-electron chi connectivity index (χ3n) is 21.8. The molecule has 0 spiro atoms. The number of fused-ring (bicyclic) bond motifs is 7. The van der Waals surface area contributed by atoms with Crippen LogP contribution in [0.25, 0.3) is 0 Å². The van der Waals surface area contributed by atoms with Crippen LogP contribution in [0, 0.1) is 44.8 Å². The van der Waals surface area contributed by atoms with Crippen LogP contribution in [0.5, 0.6) is 0 Å². The van der Waals surface area contributed by atoms with Crippen molar-refractivity contribution < 1.29 is 124 Å². The predicted molar refractivity (Wildman–Crippen MR) is 273 cm³/mol. The van der Waals surface area contributed by atoms with Gasteiger partial charge in [-0.3, -0.25) is 4.79 Å². The van der Waals surface area contributed by atoms with Crippen molar-refractivity contribution in [2.45, 2.75) is 240 Å². The molecule has 5 saturated heterocycles. The summed E-state index contributed by atoms with van der Waals surface area (Å²) in [5.74, 6) is -0.645. The van der Waals surface area contributed by atoms with Gasteiger partial charge in [-0.05, 0) is 97.7 Å². The molecule has 0 aromatic carbocycles. The molecule has 30 atom stereocenters. The van der Waals surface area contributed by atoms with Gasteiger partial charge in [-0.1, -0.05) is 58.4 Å². The van der Waals surface area contributed by atoms with Gasteiger partial charge in [-0.25, -0.2) is 0 Å². The number of hydrogen-bond acceptors (Lipinski definition) is 25. The fraction of sp³-hybridized carbons (Fsp3) is 0.911. The molecule has 5 heterocycles. The minimum atomic E-state index is -1.85. The molecule has 14 N–H and O–H groups in total. The zero-order valence-electron chi connectivity index (χ0n) is 46.7. The summed E-state index contributed by atoms with van der Waals surface area (Å²) in [6.45, 7) is 13.5. The Morgan fingerprint density at radius 2 is 1.16 bits per heavy atom. The van der Waals surface area contributed by atoms with Crippen LogP contribution in [0.3, 0.4) is 0 Å². The van der Waals surface area contributed by atoms with Crippen molar-refractivity contribution >= 4 is 5.97 Å². The van der Waals surface area contributed by atoms with E-state index in [1.54, 1.807) is 0 Å². The number of rotatable bonds is 12. The van der Waals surface area contributed by atoms with Crippen molar-refractivity contribution in [3.05, 3.63) is 23.8 Å². The highest BCUT2D eigenvalue weighted by atomic mass is 16.8. The van der Waals surface area contributed by atoms with E-state index in [0.29, 0.717) is 38.5 Å². The Morgan fingerprint density at radius 1 is 0.593 bits per heavy atom. The van der Waals surface area contributed by atoms with E-state index in [4.69, 9.17) is 47.4 Å². The number of esters is 1. The third kappa shape index (κ3) is 10.5. The molecule has 0 radical (unpaired) electrons. The van der Waals surface area contributed by atoms with Gasteiger partial charge in [0.05, 0.1) is 44.6 Å². The lowest BCUT2D eigenvalue weighted by atomic mass is 9.34. The van der Waals surface area contributed by atoms with E-state index in [2.05, 4.69) is 47.3 Å². The fourth-order valence-corrected chi connectivity index (χ4v) is 16.6. The van der Waals surface area contributed by atoms with Crippen molar-refractivity contribution in [2.24, 2.45) is 44.8 Å². The van der Waals surface area contributed by atoms with Crippen LogP contribution in [0.1, 0.15) is 98.8 Å². The van der Waals surface area contributed by atoms with Crippen LogP contribution in [-0.4, -0.2) is 252 Å². The van der Waals surface area contributed by atoms with Gasteiger partial charge in [0.2, 0.25) is 6.29 Å². The molecular weight excluding hydrogens is 1070 g/mol. The van der Waals surface area contributed by atoms with E-state index < -0.39 is 171 Å². The first-order valence-electron chi connectivity index (χ1n) is 28.9. The Labute approximate surface area is 470 Å². The summed E-state index contributed by atoms with van der Waals surface area (Å²) in [7, 11) is 0. The summed E-state index contributed by atoms with van der Waals surface area (Å²) in [5, 5.41) is 149. The second-order valence-electron chi connectivity index (χ2n) is 26.4. The topological polar surface area (TPSA) is 393 Å². The largest absolute Gasteiger partial charge is 0.432 e. The molecule has 25 heteroatoms. The molecule has 5 aliphatic carbocycles. The highest BCUT2D eigenvalue weighted by Gasteiger charge is 2.70. The van der Waals surface area contributed by atoms with Crippen molar-refractivity contribution in [2.75, 3.05) is 33.0 Å². The van der Waals surface area contributed by atoms with E-state index in [1.807, 2.05) is 0 Å². The van der Waals surface area contributed by atoms with Crippen molar-refractivity contribution in [3.63, 3.8) is 0 Å². The van der Waals surface area contributed by atoms with Gasteiger partial charge in [0.25, 0.3) is 0 Å². The van der Waals surface area contributed by atoms with Crippen molar-refractivity contribution in [1.29, 1.82) is 0 Å². The summed E-state index contributed by atoms with van der Waals surface area (Å²) >= 11 is 0. The Hall–Kier alpha value is -1.97. The predicted octanol–water partition coefficient (Wildman–Crippen LogP) is -2.76. The first-order valence-corrected chi connectivity index (χ1v) is 28.9. The monoisotopic (exact) mass is 1160 g/mol. The smallest absolute Gasteiger partial charge is 0.315 e. The highest BCUT2D eigenvalue weighted by Crippen LogP contribution is 2.75. The maximum Gasteiger partial charge on any atom is 0.315 e. The van der Waals surface area contributed by atoms with Gasteiger partial charge >= 0.3 is 5.97 Å². The highest BCUT2D eigenvalue weighted by molar-refractivity contribution is 5.79. The Bertz CT molecular complexity index is 2270. The SMILES string of the molecule is C=C1CCC2(C(=O)OC3OC(COC4OC(CO)C(O)C(O)C4O)C(O)C(O)C3O)CCC3(C)C(=CCC4C5(C)CCC(OC6OCC(O)C(OC7OCC(O)C(O)C7O)C6OC6OCC(O)C(O)C6O)C(C)(C)C5CCC43C)C2C1.